The highest BCUT2D eigenvalue weighted by Crippen LogP contribution is 2.20. The molecule has 0 radical (unpaired) electrons. The van der Waals surface area contributed by atoms with Crippen molar-refractivity contribution in [3.63, 3.8) is 0 Å². The number of nitrogens with zero attached hydrogens (tertiary/aromatic N) is 2. The molecule has 0 aliphatic rings. The minimum Gasteiger partial charge on any atom is -0.494 e. The summed E-state index contributed by atoms with van der Waals surface area (Å²) in [4.78, 5) is 12.5. The van der Waals surface area contributed by atoms with Gasteiger partial charge >= 0.3 is 0 Å². The van der Waals surface area contributed by atoms with Crippen molar-refractivity contribution < 1.29 is 9.53 Å². The number of ether oxygens (including phenoxy) is 1. The summed E-state index contributed by atoms with van der Waals surface area (Å²) in [5.74, 6) is 0.421. The number of para-hydroxylation sites is 1. The van der Waals surface area contributed by atoms with Crippen LogP contribution in [0.1, 0.15) is 17.3 Å². The zero-order valence-electron chi connectivity index (χ0n) is 13.6. The van der Waals surface area contributed by atoms with E-state index in [9.17, 15) is 4.79 Å². The SMILES string of the molecule is CCOc1ccc(NC(=O)c2ccccc2NC=C(C#N)C#N)cc1. The minimum absolute atomic E-state index is 0.0817. The van der Waals surface area contributed by atoms with Gasteiger partial charge in [-0.2, -0.15) is 10.5 Å². The summed E-state index contributed by atoms with van der Waals surface area (Å²) in [5, 5.41) is 23.2. The Morgan fingerprint density at radius 3 is 2.44 bits per heavy atom. The molecule has 6 nitrogen and oxygen atoms in total. The van der Waals surface area contributed by atoms with Crippen LogP contribution in [0.25, 0.3) is 0 Å². The molecule has 2 rings (SSSR count). The van der Waals surface area contributed by atoms with Gasteiger partial charge in [-0.3, -0.25) is 4.79 Å². The molecule has 6 heteroatoms. The molecule has 124 valence electrons. The van der Waals surface area contributed by atoms with Crippen LogP contribution >= 0.6 is 0 Å². The fourth-order valence-corrected chi connectivity index (χ4v) is 2.05. The quantitative estimate of drug-likeness (QED) is 0.786. The third kappa shape index (κ3) is 4.85. The van der Waals surface area contributed by atoms with Crippen molar-refractivity contribution in [2.45, 2.75) is 6.92 Å². The van der Waals surface area contributed by atoms with Crippen LogP contribution in [0.3, 0.4) is 0 Å². The number of hydrogen-bond acceptors (Lipinski definition) is 5. The molecule has 0 bridgehead atoms. The normalized spacial score (nSPS) is 9.24. The van der Waals surface area contributed by atoms with E-state index in [0.29, 0.717) is 23.5 Å². The fraction of sp³-hybridized carbons (Fsp3) is 0.105. The number of carbonyl (C=O) groups excluding carboxylic acids is 1. The Morgan fingerprint density at radius 2 is 1.80 bits per heavy atom. The molecule has 0 spiro atoms. The second-order valence-corrected chi connectivity index (χ2v) is 4.88. The maximum Gasteiger partial charge on any atom is 0.257 e. The topological polar surface area (TPSA) is 97.9 Å². The van der Waals surface area contributed by atoms with Crippen molar-refractivity contribution in [2.24, 2.45) is 0 Å². The Kier molecular flexibility index (Phi) is 6.16. The number of anilines is 2. The number of amides is 1. The van der Waals surface area contributed by atoms with Crippen LogP contribution in [-0.4, -0.2) is 12.5 Å². The highest BCUT2D eigenvalue weighted by molar-refractivity contribution is 6.08. The molecule has 0 fully saturated rings. The molecule has 0 aromatic heterocycles. The molecule has 0 aliphatic heterocycles. The zero-order chi connectivity index (χ0) is 18.1. The van der Waals surface area contributed by atoms with Gasteiger partial charge in [-0.25, -0.2) is 0 Å². The molecular weight excluding hydrogens is 316 g/mol. The average molecular weight is 332 g/mol. The van der Waals surface area contributed by atoms with Gasteiger partial charge in [0.25, 0.3) is 5.91 Å². The summed E-state index contributed by atoms with van der Waals surface area (Å²) >= 11 is 0. The highest BCUT2D eigenvalue weighted by Gasteiger charge is 2.11. The molecule has 2 aromatic carbocycles. The van der Waals surface area contributed by atoms with Crippen LogP contribution in [0.2, 0.25) is 0 Å². The van der Waals surface area contributed by atoms with Gasteiger partial charge < -0.3 is 15.4 Å². The first-order valence-electron chi connectivity index (χ1n) is 7.58. The Bertz CT molecular complexity index is 842. The van der Waals surface area contributed by atoms with Gasteiger partial charge in [0.15, 0.2) is 0 Å². The lowest BCUT2D eigenvalue weighted by Gasteiger charge is -2.10. The number of nitrogens with one attached hydrogen (secondary N) is 2. The van der Waals surface area contributed by atoms with Crippen molar-refractivity contribution in [3.8, 4) is 17.9 Å². The Hall–Kier alpha value is -3.77. The Labute approximate surface area is 146 Å². The molecule has 0 saturated heterocycles. The van der Waals surface area contributed by atoms with E-state index in [1.165, 1.54) is 6.20 Å². The first-order valence-corrected chi connectivity index (χ1v) is 7.58. The minimum atomic E-state index is -0.309. The van der Waals surface area contributed by atoms with E-state index in [1.54, 1.807) is 60.7 Å². The lowest BCUT2D eigenvalue weighted by Crippen LogP contribution is -2.13. The fourth-order valence-electron chi connectivity index (χ4n) is 2.05. The Balaban J connectivity index is 2.15. The number of hydrogen-bond donors (Lipinski definition) is 2. The summed E-state index contributed by atoms with van der Waals surface area (Å²) in [6, 6.07) is 17.4. The maximum atomic E-state index is 12.5. The van der Waals surface area contributed by atoms with Gasteiger partial charge in [0.05, 0.1) is 17.9 Å². The van der Waals surface area contributed by atoms with Crippen molar-refractivity contribution in [3.05, 3.63) is 65.9 Å². The lowest BCUT2D eigenvalue weighted by atomic mass is 10.1. The third-order valence-electron chi connectivity index (χ3n) is 3.21. The van der Waals surface area contributed by atoms with Gasteiger partial charge in [0.2, 0.25) is 0 Å². The number of nitriles is 2. The van der Waals surface area contributed by atoms with Crippen LogP contribution < -0.4 is 15.4 Å². The summed E-state index contributed by atoms with van der Waals surface area (Å²) in [5.41, 5.74) is 1.44. The van der Waals surface area contributed by atoms with Crippen LogP contribution in [0.15, 0.2) is 60.3 Å². The molecule has 2 N–H and O–H groups in total. The number of carbonyl (C=O) groups is 1. The molecule has 25 heavy (non-hydrogen) atoms. The molecular formula is C19H16N4O2. The highest BCUT2D eigenvalue weighted by atomic mass is 16.5. The van der Waals surface area contributed by atoms with E-state index in [0.717, 1.165) is 5.75 Å². The van der Waals surface area contributed by atoms with Gasteiger partial charge in [-0.1, -0.05) is 12.1 Å². The third-order valence-corrected chi connectivity index (χ3v) is 3.21. The summed E-state index contributed by atoms with van der Waals surface area (Å²) in [6.45, 7) is 2.48. The second-order valence-electron chi connectivity index (χ2n) is 4.88. The second kappa shape index (κ2) is 8.76. The van der Waals surface area contributed by atoms with E-state index < -0.39 is 0 Å². The molecule has 2 aromatic rings. The van der Waals surface area contributed by atoms with Crippen molar-refractivity contribution in [1.82, 2.24) is 0 Å². The molecule has 1 amide bonds. The Morgan fingerprint density at radius 1 is 1.12 bits per heavy atom. The monoisotopic (exact) mass is 332 g/mol. The predicted molar refractivity (Wildman–Crippen MR) is 94.9 cm³/mol. The van der Waals surface area contributed by atoms with Crippen LogP contribution in [0.5, 0.6) is 5.75 Å². The van der Waals surface area contributed by atoms with Gasteiger partial charge in [0.1, 0.15) is 23.5 Å². The van der Waals surface area contributed by atoms with Crippen LogP contribution in [0.4, 0.5) is 11.4 Å². The first-order chi connectivity index (χ1) is 12.2. The van der Waals surface area contributed by atoms with E-state index in [2.05, 4.69) is 10.6 Å². The number of benzene rings is 2. The first kappa shape index (κ1) is 17.6. The number of allylic oxidation sites excluding steroid dienone is 1. The molecule has 0 heterocycles. The van der Waals surface area contributed by atoms with Gasteiger partial charge in [-0.05, 0) is 43.3 Å². The maximum absolute atomic E-state index is 12.5. The van der Waals surface area contributed by atoms with Crippen molar-refractivity contribution in [2.75, 3.05) is 17.2 Å². The summed E-state index contributed by atoms with van der Waals surface area (Å²) < 4.78 is 5.36. The predicted octanol–water partition coefficient (Wildman–Crippen LogP) is 3.68. The summed E-state index contributed by atoms with van der Waals surface area (Å²) in [6.07, 6.45) is 1.27. The standard InChI is InChI=1S/C19H16N4O2/c1-2-25-16-9-7-15(8-10-16)23-19(24)17-5-3-4-6-18(17)22-13-14(11-20)12-21/h3-10,13,22H,2H2,1H3,(H,23,24). The van der Waals surface area contributed by atoms with Crippen molar-refractivity contribution in [1.29, 1.82) is 10.5 Å². The van der Waals surface area contributed by atoms with E-state index in [-0.39, 0.29) is 11.5 Å². The molecule has 0 aliphatic carbocycles. The van der Waals surface area contributed by atoms with Gasteiger partial charge in [0, 0.05) is 11.9 Å². The van der Waals surface area contributed by atoms with E-state index >= 15 is 0 Å². The summed E-state index contributed by atoms with van der Waals surface area (Å²) in [7, 11) is 0. The largest absolute Gasteiger partial charge is 0.494 e. The van der Waals surface area contributed by atoms with E-state index in [1.807, 2.05) is 6.92 Å². The van der Waals surface area contributed by atoms with Crippen molar-refractivity contribution >= 4 is 17.3 Å². The van der Waals surface area contributed by atoms with Gasteiger partial charge in [-0.15, -0.1) is 0 Å². The van der Waals surface area contributed by atoms with Crippen LogP contribution in [-0.2, 0) is 0 Å². The van der Waals surface area contributed by atoms with E-state index in [4.69, 9.17) is 15.3 Å². The average Bonchev–Trinajstić information content (AvgIpc) is 2.64. The molecule has 0 saturated carbocycles. The lowest BCUT2D eigenvalue weighted by molar-refractivity contribution is 0.102. The number of rotatable bonds is 6. The molecule has 0 atom stereocenters. The zero-order valence-corrected chi connectivity index (χ0v) is 13.6. The van der Waals surface area contributed by atoms with Crippen LogP contribution in [0, 0.1) is 22.7 Å². The molecule has 0 unspecified atom stereocenters. The smallest absolute Gasteiger partial charge is 0.257 e.